The van der Waals surface area contributed by atoms with Crippen LogP contribution in [0.3, 0.4) is 0 Å². The van der Waals surface area contributed by atoms with Crippen molar-refractivity contribution < 1.29 is 13.2 Å². The van der Waals surface area contributed by atoms with Crippen LogP contribution in [0.4, 0.5) is 5.69 Å². The Balaban J connectivity index is 1.32. The normalized spacial score (nSPS) is 15.6. The Hall–Kier alpha value is -2.52. The van der Waals surface area contributed by atoms with Crippen molar-refractivity contribution in [3.8, 4) is 0 Å². The fourth-order valence-electron chi connectivity index (χ4n) is 3.67. The van der Waals surface area contributed by atoms with Crippen LogP contribution in [0, 0.1) is 0 Å². The van der Waals surface area contributed by atoms with E-state index < -0.39 is 10.0 Å². The van der Waals surface area contributed by atoms with E-state index in [1.54, 1.807) is 17.5 Å². The van der Waals surface area contributed by atoms with E-state index in [4.69, 9.17) is 0 Å². The number of hydrogen-bond donors (Lipinski definition) is 1. The number of amides is 1. The summed E-state index contributed by atoms with van der Waals surface area (Å²) in [5.74, 6) is -0.0879. The highest BCUT2D eigenvalue weighted by Crippen LogP contribution is 2.22. The molecule has 0 spiro atoms. The molecule has 0 bridgehead atoms. The van der Waals surface area contributed by atoms with Crippen LogP contribution in [0.2, 0.25) is 0 Å². The maximum Gasteiger partial charge on any atom is 0.252 e. The molecular weight excluding hydrogens is 430 g/mol. The standard InChI is InChI=1S/C23H25N3O3S2/c27-22(24-21-10-5-4-9-20(21)17-19-7-2-1-3-8-19)18-25-12-14-26(15-13-25)31(28,29)23-11-6-16-30-23/h1-11,16H,12-15,17-18H2,(H,24,27). The van der Waals surface area contributed by atoms with Gasteiger partial charge in [-0.15, -0.1) is 11.3 Å². The lowest BCUT2D eigenvalue weighted by atomic mass is 10.0. The zero-order valence-electron chi connectivity index (χ0n) is 17.1. The van der Waals surface area contributed by atoms with Crippen LogP contribution >= 0.6 is 11.3 Å². The first-order chi connectivity index (χ1) is 15.0. The summed E-state index contributed by atoms with van der Waals surface area (Å²) in [5, 5.41) is 4.80. The molecule has 162 valence electrons. The summed E-state index contributed by atoms with van der Waals surface area (Å²) in [6, 6.07) is 21.4. The molecule has 0 radical (unpaired) electrons. The molecule has 6 nitrogen and oxygen atoms in total. The van der Waals surface area contributed by atoms with Gasteiger partial charge in [0.25, 0.3) is 10.0 Å². The van der Waals surface area contributed by atoms with Crippen molar-refractivity contribution in [3.05, 3.63) is 83.2 Å². The van der Waals surface area contributed by atoms with Crippen molar-refractivity contribution in [1.82, 2.24) is 9.21 Å². The second-order valence-electron chi connectivity index (χ2n) is 7.48. The number of carbonyl (C=O) groups is 1. The minimum absolute atomic E-state index is 0.0879. The van der Waals surface area contributed by atoms with Crippen LogP contribution in [0.25, 0.3) is 0 Å². The third-order valence-electron chi connectivity index (χ3n) is 5.32. The molecule has 4 rings (SSSR count). The first kappa shape index (κ1) is 21.7. The van der Waals surface area contributed by atoms with Gasteiger partial charge in [-0.2, -0.15) is 4.31 Å². The number of anilines is 1. The summed E-state index contributed by atoms with van der Waals surface area (Å²) in [4.78, 5) is 14.7. The smallest absolute Gasteiger partial charge is 0.252 e. The number of nitrogens with one attached hydrogen (secondary N) is 1. The van der Waals surface area contributed by atoms with Gasteiger partial charge in [-0.25, -0.2) is 8.42 Å². The highest BCUT2D eigenvalue weighted by atomic mass is 32.2. The average Bonchev–Trinajstić information content (AvgIpc) is 3.32. The van der Waals surface area contributed by atoms with Gasteiger partial charge in [-0.3, -0.25) is 9.69 Å². The molecule has 3 aromatic rings. The second-order valence-corrected chi connectivity index (χ2v) is 10.6. The van der Waals surface area contributed by atoms with Gasteiger partial charge in [-0.05, 0) is 35.1 Å². The molecule has 0 atom stereocenters. The van der Waals surface area contributed by atoms with E-state index in [0.29, 0.717) is 30.4 Å². The Kier molecular flexibility index (Phi) is 6.82. The van der Waals surface area contributed by atoms with Crippen LogP contribution in [0.15, 0.2) is 76.3 Å². The number of carbonyl (C=O) groups excluding carboxylic acids is 1. The van der Waals surface area contributed by atoms with Crippen molar-refractivity contribution in [2.24, 2.45) is 0 Å². The molecule has 1 aliphatic rings. The molecule has 2 aromatic carbocycles. The SMILES string of the molecule is O=C(CN1CCN(S(=O)(=O)c2cccs2)CC1)Nc1ccccc1Cc1ccccc1. The molecule has 1 saturated heterocycles. The lowest BCUT2D eigenvalue weighted by Crippen LogP contribution is -2.50. The molecule has 0 saturated carbocycles. The first-order valence-electron chi connectivity index (χ1n) is 10.2. The molecule has 31 heavy (non-hydrogen) atoms. The van der Waals surface area contributed by atoms with Crippen LogP contribution < -0.4 is 5.32 Å². The van der Waals surface area contributed by atoms with Crippen LogP contribution in [-0.2, 0) is 21.2 Å². The van der Waals surface area contributed by atoms with E-state index in [-0.39, 0.29) is 12.5 Å². The Morgan fingerprint density at radius 1 is 0.903 bits per heavy atom. The second kappa shape index (κ2) is 9.74. The predicted molar refractivity (Wildman–Crippen MR) is 124 cm³/mol. The summed E-state index contributed by atoms with van der Waals surface area (Å²) in [7, 11) is -3.43. The number of para-hydroxylation sites is 1. The fraction of sp³-hybridized carbons (Fsp3) is 0.261. The van der Waals surface area contributed by atoms with Gasteiger partial charge in [0.05, 0.1) is 6.54 Å². The van der Waals surface area contributed by atoms with Crippen molar-refractivity contribution in [1.29, 1.82) is 0 Å². The molecule has 1 N–H and O–H groups in total. The fourth-order valence-corrected chi connectivity index (χ4v) is 6.24. The van der Waals surface area contributed by atoms with Crippen molar-refractivity contribution in [3.63, 3.8) is 0 Å². The van der Waals surface area contributed by atoms with E-state index in [1.807, 2.05) is 47.4 Å². The van der Waals surface area contributed by atoms with Crippen LogP contribution in [0.1, 0.15) is 11.1 Å². The quantitative estimate of drug-likeness (QED) is 0.594. The number of piperazine rings is 1. The molecule has 1 aromatic heterocycles. The van der Waals surface area contributed by atoms with E-state index in [0.717, 1.165) is 17.7 Å². The summed E-state index contributed by atoms with van der Waals surface area (Å²) in [6.07, 6.45) is 0.747. The van der Waals surface area contributed by atoms with E-state index in [2.05, 4.69) is 17.4 Å². The Labute approximate surface area is 187 Å². The predicted octanol–water partition coefficient (Wildman–Crippen LogP) is 3.28. The molecule has 0 aliphatic carbocycles. The number of nitrogens with zero attached hydrogens (tertiary/aromatic N) is 2. The minimum Gasteiger partial charge on any atom is -0.325 e. The maximum absolute atomic E-state index is 12.7. The summed E-state index contributed by atoms with van der Waals surface area (Å²) < 4.78 is 27.2. The zero-order chi connectivity index (χ0) is 21.7. The van der Waals surface area contributed by atoms with E-state index in [9.17, 15) is 13.2 Å². The summed E-state index contributed by atoms with van der Waals surface area (Å²) in [5.41, 5.74) is 3.07. The van der Waals surface area contributed by atoms with Gasteiger partial charge in [0.15, 0.2) is 0 Å². The molecular formula is C23H25N3O3S2. The monoisotopic (exact) mass is 455 g/mol. The maximum atomic E-state index is 12.7. The van der Waals surface area contributed by atoms with Gasteiger partial charge < -0.3 is 5.32 Å². The van der Waals surface area contributed by atoms with Crippen molar-refractivity contribution >= 4 is 33.0 Å². The van der Waals surface area contributed by atoms with Gasteiger partial charge in [-0.1, -0.05) is 54.6 Å². The third kappa shape index (κ3) is 5.40. The Bertz CT molecular complexity index is 1110. The molecule has 0 unspecified atom stereocenters. The van der Waals surface area contributed by atoms with Gasteiger partial charge in [0.1, 0.15) is 4.21 Å². The number of hydrogen-bond acceptors (Lipinski definition) is 5. The van der Waals surface area contributed by atoms with E-state index in [1.165, 1.54) is 21.2 Å². The molecule has 8 heteroatoms. The third-order valence-corrected chi connectivity index (χ3v) is 8.59. The van der Waals surface area contributed by atoms with E-state index >= 15 is 0 Å². The Morgan fingerprint density at radius 3 is 2.32 bits per heavy atom. The minimum atomic E-state index is -3.43. The number of rotatable bonds is 7. The highest BCUT2D eigenvalue weighted by Gasteiger charge is 2.29. The van der Waals surface area contributed by atoms with Gasteiger partial charge in [0.2, 0.25) is 5.91 Å². The largest absolute Gasteiger partial charge is 0.325 e. The molecule has 1 amide bonds. The topological polar surface area (TPSA) is 69.7 Å². The number of benzene rings is 2. The zero-order valence-corrected chi connectivity index (χ0v) is 18.7. The van der Waals surface area contributed by atoms with Crippen molar-refractivity contribution in [2.75, 3.05) is 38.0 Å². The molecule has 2 heterocycles. The lowest BCUT2D eigenvalue weighted by Gasteiger charge is -2.33. The van der Waals surface area contributed by atoms with Crippen LogP contribution in [-0.4, -0.2) is 56.3 Å². The number of thiophene rings is 1. The molecule has 1 aliphatic heterocycles. The average molecular weight is 456 g/mol. The molecule has 1 fully saturated rings. The number of sulfonamides is 1. The van der Waals surface area contributed by atoms with Gasteiger partial charge >= 0.3 is 0 Å². The van der Waals surface area contributed by atoms with Crippen molar-refractivity contribution in [2.45, 2.75) is 10.6 Å². The van der Waals surface area contributed by atoms with Crippen LogP contribution in [0.5, 0.6) is 0 Å². The Morgan fingerprint density at radius 2 is 1.61 bits per heavy atom. The lowest BCUT2D eigenvalue weighted by molar-refractivity contribution is -0.117. The highest BCUT2D eigenvalue weighted by molar-refractivity contribution is 7.91. The van der Waals surface area contributed by atoms with Gasteiger partial charge in [0, 0.05) is 31.9 Å². The first-order valence-corrected chi connectivity index (χ1v) is 12.5. The summed E-state index contributed by atoms with van der Waals surface area (Å²) in [6.45, 7) is 2.08. The summed E-state index contributed by atoms with van der Waals surface area (Å²) >= 11 is 1.23.